The number of benzene rings is 2. The van der Waals surface area contributed by atoms with E-state index in [1.165, 1.54) is 12.1 Å². The summed E-state index contributed by atoms with van der Waals surface area (Å²) in [5, 5.41) is 7.73. The van der Waals surface area contributed by atoms with Crippen LogP contribution in [0.15, 0.2) is 94.8 Å². The van der Waals surface area contributed by atoms with Gasteiger partial charge in [0.05, 0.1) is 47.0 Å². The van der Waals surface area contributed by atoms with Gasteiger partial charge in [-0.2, -0.15) is 0 Å². The number of fused-ring (bicyclic) bond motifs is 2. The van der Waals surface area contributed by atoms with E-state index in [4.69, 9.17) is 32.7 Å². The summed E-state index contributed by atoms with van der Waals surface area (Å²) in [5.74, 6) is 1.18. The van der Waals surface area contributed by atoms with Crippen molar-refractivity contribution >= 4 is 45.9 Å². The van der Waals surface area contributed by atoms with Crippen molar-refractivity contribution in [3.05, 3.63) is 116 Å². The van der Waals surface area contributed by atoms with Crippen LogP contribution in [0.2, 0.25) is 10.0 Å². The molecule has 0 aliphatic carbocycles. The summed E-state index contributed by atoms with van der Waals surface area (Å²) < 4.78 is 13.5. The number of rotatable bonds is 6. The molecule has 2 aliphatic rings. The highest BCUT2D eigenvalue weighted by atomic mass is 35.5. The average molecular weight is 756 g/mol. The van der Waals surface area contributed by atoms with Crippen molar-refractivity contribution in [3.63, 3.8) is 0 Å². The van der Waals surface area contributed by atoms with Gasteiger partial charge in [-0.05, 0) is 67.6 Å². The van der Waals surface area contributed by atoms with Gasteiger partial charge in [0, 0.05) is 87.5 Å². The molecule has 2 aliphatic heterocycles. The van der Waals surface area contributed by atoms with Crippen LogP contribution in [-0.2, 0) is 0 Å². The number of aromatic nitrogens is 4. The van der Waals surface area contributed by atoms with Crippen LogP contribution >= 0.6 is 23.2 Å². The fourth-order valence-electron chi connectivity index (χ4n) is 6.59. The number of hydrogen-bond donors (Lipinski definition) is 2. The minimum absolute atomic E-state index is 0.117. The number of anilines is 2. The second-order valence-corrected chi connectivity index (χ2v) is 13.7. The van der Waals surface area contributed by atoms with E-state index in [0.29, 0.717) is 50.3 Å². The molecule has 6 aromatic rings. The lowest BCUT2D eigenvalue weighted by Crippen LogP contribution is -2.49. The third-order valence-electron chi connectivity index (χ3n) is 9.40. The molecule has 4 aromatic heterocycles. The van der Waals surface area contributed by atoms with Crippen LogP contribution in [0.4, 0.5) is 11.4 Å². The third kappa shape index (κ3) is 7.96. The lowest BCUT2D eigenvalue weighted by Gasteiger charge is -2.33. The molecule has 6 heterocycles. The standard InChI is InChI=1S/C20H21ClN4O2.C19H19ClN4O2/c1-13-11-24(8-7-22-13)15-4-6-19-23-17(10-20(26)25(19)12-15)14-3-5-18(27-2)16(21)9-14;1-26-17-4-2-13(10-15(17)20)16-11-19(25)24-12-14(3-5-18(24)22-16)23-8-6-21-7-9-23/h3-6,9-10,12-13,22H,7-8,11H2,1-2H3;2-5,10-12,21H,6-9H2,1H3/t13-;/m0./s1. The first-order chi connectivity index (χ1) is 25.7. The number of methoxy groups -OCH3 is 2. The molecule has 2 aromatic carbocycles. The normalized spacial score (nSPS) is 16.0. The molecule has 0 amide bonds. The topological polar surface area (TPSA) is 118 Å². The average Bonchev–Trinajstić information content (AvgIpc) is 3.18. The van der Waals surface area contributed by atoms with Crippen LogP contribution in [0.25, 0.3) is 33.8 Å². The van der Waals surface area contributed by atoms with E-state index < -0.39 is 0 Å². The second kappa shape index (κ2) is 15.8. The predicted octanol–water partition coefficient (Wildman–Crippen LogP) is 5.25. The lowest BCUT2D eigenvalue weighted by atomic mass is 10.1. The van der Waals surface area contributed by atoms with Crippen LogP contribution < -0.4 is 41.0 Å². The molecule has 12 nitrogen and oxygen atoms in total. The van der Waals surface area contributed by atoms with Gasteiger partial charge in [0.15, 0.2) is 0 Å². The van der Waals surface area contributed by atoms with Gasteiger partial charge < -0.3 is 29.9 Å². The highest BCUT2D eigenvalue weighted by Gasteiger charge is 2.17. The van der Waals surface area contributed by atoms with Gasteiger partial charge in [-0.1, -0.05) is 23.2 Å². The predicted molar refractivity (Wildman–Crippen MR) is 212 cm³/mol. The van der Waals surface area contributed by atoms with Gasteiger partial charge in [0.2, 0.25) is 0 Å². The van der Waals surface area contributed by atoms with E-state index in [1.54, 1.807) is 47.3 Å². The fraction of sp³-hybridized carbons (Fsp3) is 0.282. The molecule has 0 radical (unpaired) electrons. The van der Waals surface area contributed by atoms with Crippen LogP contribution in [0.1, 0.15) is 6.92 Å². The quantitative estimate of drug-likeness (QED) is 0.234. The van der Waals surface area contributed by atoms with Crippen molar-refractivity contribution in [1.29, 1.82) is 0 Å². The maximum absolute atomic E-state index is 12.7. The van der Waals surface area contributed by atoms with Crippen molar-refractivity contribution in [1.82, 2.24) is 29.4 Å². The molecule has 0 unspecified atom stereocenters. The Labute approximate surface area is 316 Å². The first-order valence-electron chi connectivity index (χ1n) is 17.4. The Morgan fingerprint density at radius 3 is 1.62 bits per heavy atom. The number of hydrogen-bond acceptors (Lipinski definition) is 10. The zero-order valence-corrected chi connectivity index (χ0v) is 31.2. The molecule has 53 heavy (non-hydrogen) atoms. The number of nitrogens with one attached hydrogen (secondary N) is 2. The first kappa shape index (κ1) is 36.2. The van der Waals surface area contributed by atoms with Crippen LogP contribution in [0.5, 0.6) is 11.5 Å². The van der Waals surface area contributed by atoms with Gasteiger partial charge in [0.1, 0.15) is 22.8 Å². The zero-order chi connectivity index (χ0) is 37.1. The Hall–Kier alpha value is -5.14. The summed E-state index contributed by atoms with van der Waals surface area (Å²) in [6.45, 7) is 8.67. The van der Waals surface area contributed by atoms with Crippen molar-refractivity contribution in [2.45, 2.75) is 13.0 Å². The molecular weight excluding hydrogens is 715 g/mol. The highest BCUT2D eigenvalue weighted by molar-refractivity contribution is 6.32. The first-order valence-corrected chi connectivity index (χ1v) is 18.1. The number of halogens is 2. The SMILES string of the molecule is COc1ccc(-c2cc(=O)n3cc(N4CCNCC4)ccc3n2)cc1Cl.COc1ccc(-c2cc(=O)n3cc(N4CCN[C@@H](C)C4)ccc3n2)cc1Cl. The largest absolute Gasteiger partial charge is 0.495 e. The van der Waals surface area contributed by atoms with E-state index in [1.807, 2.05) is 48.8 Å². The molecule has 2 saturated heterocycles. The fourth-order valence-corrected chi connectivity index (χ4v) is 7.11. The molecule has 1 atom stereocenters. The van der Waals surface area contributed by atoms with Gasteiger partial charge in [-0.15, -0.1) is 0 Å². The summed E-state index contributed by atoms with van der Waals surface area (Å²) in [6.07, 6.45) is 3.73. The Balaban J connectivity index is 0.000000164. The van der Waals surface area contributed by atoms with E-state index >= 15 is 0 Å². The number of pyridine rings is 2. The second-order valence-electron chi connectivity index (χ2n) is 12.9. The summed E-state index contributed by atoms with van der Waals surface area (Å²) >= 11 is 12.4. The maximum Gasteiger partial charge on any atom is 0.258 e. The highest BCUT2D eigenvalue weighted by Crippen LogP contribution is 2.30. The van der Waals surface area contributed by atoms with Gasteiger partial charge in [-0.3, -0.25) is 18.4 Å². The van der Waals surface area contributed by atoms with Crippen LogP contribution in [0, 0.1) is 0 Å². The number of piperazine rings is 2. The summed E-state index contributed by atoms with van der Waals surface area (Å²) in [4.78, 5) is 39.2. The summed E-state index contributed by atoms with van der Waals surface area (Å²) in [5.41, 5.74) is 5.78. The van der Waals surface area contributed by atoms with Crippen molar-refractivity contribution < 1.29 is 9.47 Å². The lowest BCUT2D eigenvalue weighted by molar-refractivity contribution is 0.415. The Morgan fingerprint density at radius 2 is 1.15 bits per heavy atom. The maximum atomic E-state index is 12.7. The van der Waals surface area contributed by atoms with Crippen molar-refractivity contribution in [3.8, 4) is 34.0 Å². The molecule has 0 bridgehead atoms. The Kier molecular flexibility index (Phi) is 10.8. The van der Waals surface area contributed by atoms with Gasteiger partial charge >= 0.3 is 0 Å². The summed E-state index contributed by atoms with van der Waals surface area (Å²) in [7, 11) is 3.13. The summed E-state index contributed by atoms with van der Waals surface area (Å²) in [6, 6.07) is 22.0. The van der Waals surface area contributed by atoms with E-state index in [9.17, 15) is 9.59 Å². The molecule has 14 heteroatoms. The minimum Gasteiger partial charge on any atom is -0.495 e. The smallest absolute Gasteiger partial charge is 0.258 e. The molecule has 8 rings (SSSR count). The molecular formula is C39H40Cl2N8O4. The molecule has 0 saturated carbocycles. The third-order valence-corrected chi connectivity index (χ3v) is 9.99. The van der Waals surface area contributed by atoms with Crippen molar-refractivity contribution in [2.75, 3.05) is 69.8 Å². The van der Waals surface area contributed by atoms with Crippen LogP contribution in [0.3, 0.4) is 0 Å². The monoisotopic (exact) mass is 754 g/mol. The Morgan fingerprint density at radius 1 is 0.660 bits per heavy atom. The molecule has 0 spiro atoms. The van der Waals surface area contributed by atoms with E-state index in [2.05, 4.69) is 37.3 Å². The van der Waals surface area contributed by atoms with E-state index in [0.717, 1.165) is 68.3 Å². The molecule has 2 fully saturated rings. The zero-order valence-electron chi connectivity index (χ0n) is 29.7. The van der Waals surface area contributed by atoms with Crippen molar-refractivity contribution in [2.24, 2.45) is 0 Å². The van der Waals surface area contributed by atoms with E-state index in [-0.39, 0.29) is 11.1 Å². The van der Waals surface area contributed by atoms with Gasteiger partial charge in [-0.25, -0.2) is 9.97 Å². The minimum atomic E-state index is -0.119. The molecule has 2 N–H and O–H groups in total. The molecule has 274 valence electrons. The van der Waals surface area contributed by atoms with Crippen LogP contribution in [-0.4, -0.2) is 84.8 Å². The van der Waals surface area contributed by atoms with Gasteiger partial charge in [0.25, 0.3) is 11.1 Å². The number of nitrogens with zero attached hydrogens (tertiary/aromatic N) is 6. The Bertz CT molecular complexity index is 2400. The number of ether oxygens (including phenoxy) is 2.